The number of aromatic nitrogens is 3. The number of hydrogen-bond donors (Lipinski definition) is 0. The third-order valence-corrected chi connectivity index (χ3v) is 11.3. The highest BCUT2D eigenvalue weighted by molar-refractivity contribution is 6.17. The van der Waals surface area contributed by atoms with Gasteiger partial charge in [0, 0.05) is 27.5 Å². The Hall–Kier alpha value is -6.91. The van der Waals surface area contributed by atoms with E-state index in [1.807, 2.05) is 48.5 Å². The van der Waals surface area contributed by atoms with Crippen LogP contribution in [-0.2, 0) is 5.41 Å². The first kappa shape index (κ1) is 27.9. The molecule has 0 saturated heterocycles. The highest BCUT2D eigenvalue weighted by Gasteiger charge is 2.50. The van der Waals surface area contributed by atoms with E-state index in [1.165, 1.54) is 54.9 Å². The Morgan fingerprint density at radius 3 is 1.71 bits per heavy atom. The van der Waals surface area contributed by atoms with Gasteiger partial charge in [0.1, 0.15) is 11.2 Å². The molecule has 4 heteroatoms. The standard InChI is InChI=1S/C48H27N3O/c1-2-10-30(11-3-1)45-49-46(51-47(50-45)32-23-25-42-36(27-32)34-15-5-7-19-41(34)52-42)31-22-24-38-35(26-31)33-14-4-6-16-37(33)48(38)39-17-8-12-28-20-21-29-13-9-18-40(48)44(29)43(28)39/h1-27H. The molecule has 2 aliphatic rings. The van der Waals surface area contributed by atoms with Crippen molar-refractivity contribution in [2.45, 2.75) is 5.41 Å². The van der Waals surface area contributed by atoms with Gasteiger partial charge < -0.3 is 4.42 Å². The Labute approximate surface area is 298 Å². The van der Waals surface area contributed by atoms with Gasteiger partial charge in [-0.15, -0.1) is 0 Å². The van der Waals surface area contributed by atoms with Crippen LogP contribution in [-0.4, -0.2) is 15.0 Å². The molecule has 2 aliphatic carbocycles. The van der Waals surface area contributed by atoms with Gasteiger partial charge in [0.25, 0.3) is 0 Å². The smallest absolute Gasteiger partial charge is 0.164 e. The molecule has 240 valence electrons. The molecule has 8 aromatic carbocycles. The molecule has 12 rings (SSSR count). The van der Waals surface area contributed by atoms with E-state index in [9.17, 15) is 0 Å². The summed E-state index contributed by atoms with van der Waals surface area (Å²) < 4.78 is 6.14. The van der Waals surface area contributed by atoms with Crippen molar-refractivity contribution in [2.75, 3.05) is 0 Å². The Balaban J connectivity index is 1.09. The van der Waals surface area contributed by atoms with E-state index >= 15 is 0 Å². The fourth-order valence-electron chi connectivity index (χ4n) is 9.15. The molecule has 0 N–H and O–H groups in total. The SMILES string of the molecule is c1ccc(-c2nc(-c3ccc4c(c3)-c3ccccc3C43c4cccc5ccc6cccc3c6c45)nc(-c3ccc4oc5ccccc5c4c3)n2)cc1. The number of hydrogen-bond acceptors (Lipinski definition) is 4. The van der Waals surface area contributed by atoms with E-state index in [2.05, 4.69) is 115 Å². The molecule has 2 aromatic heterocycles. The molecule has 0 radical (unpaired) electrons. The molecule has 0 saturated carbocycles. The first-order chi connectivity index (χ1) is 25.8. The number of rotatable bonds is 3. The summed E-state index contributed by atoms with van der Waals surface area (Å²) >= 11 is 0. The molecule has 0 amide bonds. The lowest BCUT2D eigenvalue weighted by atomic mass is 9.70. The molecule has 4 nitrogen and oxygen atoms in total. The van der Waals surface area contributed by atoms with Gasteiger partial charge >= 0.3 is 0 Å². The van der Waals surface area contributed by atoms with Crippen molar-refractivity contribution in [3.63, 3.8) is 0 Å². The molecule has 0 unspecified atom stereocenters. The zero-order valence-corrected chi connectivity index (χ0v) is 27.8. The lowest BCUT2D eigenvalue weighted by Crippen LogP contribution is -2.26. The molecular weight excluding hydrogens is 635 g/mol. The van der Waals surface area contributed by atoms with Crippen LogP contribution in [0.25, 0.3) is 88.8 Å². The summed E-state index contributed by atoms with van der Waals surface area (Å²) in [6, 6.07) is 58.4. The summed E-state index contributed by atoms with van der Waals surface area (Å²) in [6.07, 6.45) is 0. The van der Waals surface area contributed by atoms with Crippen LogP contribution >= 0.6 is 0 Å². The third-order valence-electron chi connectivity index (χ3n) is 11.3. The van der Waals surface area contributed by atoms with E-state index in [1.54, 1.807) is 0 Å². The van der Waals surface area contributed by atoms with E-state index in [0.29, 0.717) is 17.5 Å². The molecule has 0 bridgehead atoms. The van der Waals surface area contributed by atoms with Crippen LogP contribution in [0.1, 0.15) is 22.3 Å². The first-order valence-corrected chi connectivity index (χ1v) is 17.7. The number of para-hydroxylation sites is 1. The minimum atomic E-state index is -0.407. The quantitative estimate of drug-likeness (QED) is 0.177. The molecule has 52 heavy (non-hydrogen) atoms. The molecule has 2 heterocycles. The van der Waals surface area contributed by atoms with Crippen LogP contribution in [0.15, 0.2) is 168 Å². The molecule has 10 aromatic rings. The largest absolute Gasteiger partial charge is 0.456 e. The van der Waals surface area contributed by atoms with E-state index in [-0.39, 0.29) is 0 Å². The van der Waals surface area contributed by atoms with Gasteiger partial charge in [-0.3, -0.25) is 0 Å². The second-order valence-corrected chi connectivity index (χ2v) is 13.9. The van der Waals surface area contributed by atoms with Gasteiger partial charge in [-0.1, -0.05) is 133 Å². The Morgan fingerprint density at radius 2 is 0.942 bits per heavy atom. The van der Waals surface area contributed by atoms with E-state index < -0.39 is 5.41 Å². The maximum atomic E-state index is 6.14. The van der Waals surface area contributed by atoms with Crippen molar-refractivity contribution in [1.82, 2.24) is 15.0 Å². The zero-order valence-electron chi connectivity index (χ0n) is 27.8. The van der Waals surface area contributed by atoms with Crippen molar-refractivity contribution in [1.29, 1.82) is 0 Å². The fraction of sp³-hybridized carbons (Fsp3) is 0.0208. The first-order valence-electron chi connectivity index (χ1n) is 17.7. The summed E-state index contributed by atoms with van der Waals surface area (Å²) in [5.74, 6) is 1.90. The second kappa shape index (κ2) is 10.1. The lowest BCUT2D eigenvalue weighted by Gasteiger charge is -2.30. The Morgan fingerprint density at radius 1 is 0.365 bits per heavy atom. The predicted octanol–water partition coefficient (Wildman–Crippen LogP) is 11.8. The normalized spacial score (nSPS) is 13.5. The lowest BCUT2D eigenvalue weighted by molar-refractivity contribution is 0.669. The summed E-state index contributed by atoms with van der Waals surface area (Å²) in [4.78, 5) is 15.4. The molecule has 1 spiro atoms. The fourth-order valence-corrected chi connectivity index (χ4v) is 9.15. The summed E-state index contributed by atoms with van der Waals surface area (Å²) in [6.45, 7) is 0. The van der Waals surface area contributed by atoms with Gasteiger partial charge in [0.05, 0.1) is 5.41 Å². The molecular formula is C48H27N3O. The van der Waals surface area contributed by atoms with Gasteiger partial charge in [0.2, 0.25) is 0 Å². The highest BCUT2D eigenvalue weighted by Crippen LogP contribution is 2.62. The molecule has 0 atom stereocenters. The van der Waals surface area contributed by atoms with Gasteiger partial charge in [0.15, 0.2) is 17.5 Å². The highest BCUT2D eigenvalue weighted by atomic mass is 16.3. The minimum absolute atomic E-state index is 0.407. The van der Waals surface area contributed by atoms with Crippen LogP contribution < -0.4 is 0 Å². The Bertz CT molecular complexity index is 3080. The number of nitrogens with zero attached hydrogens (tertiary/aromatic N) is 3. The summed E-state index contributed by atoms with van der Waals surface area (Å²) in [5, 5.41) is 7.40. The molecule has 0 aliphatic heterocycles. The molecule has 0 fully saturated rings. The number of furan rings is 1. The van der Waals surface area contributed by atoms with E-state index in [0.717, 1.165) is 38.6 Å². The maximum Gasteiger partial charge on any atom is 0.164 e. The van der Waals surface area contributed by atoms with Crippen molar-refractivity contribution in [3.8, 4) is 45.3 Å². The second-order valence-electron chi connectivity index (χ2n) is 13.9. The zero-order chi connectivity index (χ0) is 34.0. The van der Waals surface area contributed by atoms with Crippen LogP contribution in [0, 0.1) is 0 Å². The van der Waals surface area contributed by atoms with Crippen LogP contribution in [0.3, 0.4) is 0 Å². The topological polar surface area (TPSA) is 51.8 Å². The van der Waals surface area contributed by atoms with Gasteiger partial charge in [-0.2, -0.15) is 0 Å². The van der Waals surface area contributed by atoms with Gasteiger partial charge in [-0.05, 0) is 85.3 Å². The number of fused-ring (bicyclic) bond motifs is 10. The third kappa shape index (κ3) is 3.58. The van der Waals surface area contributed by atoms with Crippen LogP contribution in [0.4, 0.5) is 0 Å². The summed E-state index contributed by atoms with van der Waals surface area (Å²) in [5.41, 5.74) is 11.9. The van der Waals surface area contributed by atoms with Crippen molar-refractivity contribution in [2.24, 2.45) is 0 Å². The van der Waals surface area contributed by atoms with Crippen LogP contribution in [0.2, 0.25) is 0 Å². The van der Waals surface area contributed by atoms with E-state index in [4.69, 9.17) is 19.4 Å². The average Bonchev–Trinajstić information content (AvgIpc) is 3.84. The van der Waals surface area contributed by atoms with Crippen molar-refractivity contribution >= 4 is 43.5 Å². The maximum absolute atomic E-state index is 6.14. The van der Waals surface area contributed by atoms with Crippen molar-refractivity contribution < 1.29 is 4.42 Å². The average molecular weight is 662 g/mol. The predicted molar refractivity (Wildman–Crippen MR) is 209 cm³/mol. The number of benzene rings is 8. The monoisotopic (exact) mass is 661 g/mol. The Kier molecular flexibility index (Phi) is 5.40. The van der Waals surface area contributed by atoms with Crippen LogP contribution in [0.5, 0.6) is 0 Å². The summed E-state index contributed by atoms with van der Waals surface area (Å²) in [7, 11) is 0. The van der Waals surface area contributed by atoms with Gasteiger partial charge in [-0.25, -0.2) is 15.0 Å². The van der Waals surface area contributed by atoms with Crippen molar-refractivity contribution in [3.05, 3.63) is 186 Å². The minimum Gasteiger partial charge on any atom is -0.456 e.